The van der Waals surface area contributed by atoms with Gasteiger partial charge in [-0.15, -0.1) is 13.3 Å². The summed E-state index contributed by atoms with van der Waals surface area (Å²) in [4.78, 5) is 0. The molecular weight excluding hydrogens is 453 g/mol. The second kappa shape index (κ2) is 11.3. The van der Waals surface area contributed by atoms with Crippen LogP contribution >= 0.6 is 18.6 Å². The molecule has 2 aliphatic carbocycles. The number of fused-ring (bicyclic) bond motifs is 2. The normalized spacial score (nSPS) is 28.9. The fourth-order valence-corrected chi connectivity index (χ4v) is 9.74. The van der Waals surface area contributed by atoms with Crippen molar-refractivity contribution in [3.63, 3.8) is 0 Å². The summed E-state index contributed by atoms with van der Waals surface area (Å²) in [5.41, 5.74) is 0.783. The number of benzene rings is 1. The zero-order valence-electron chi connectivity index (χ0n) is 18.3. The number of halogens is 2. The summed E-state index contributed by atoms with van der Waals surface area (Å²) in [6.45, 7) is 12.5. The third-order valence-electron chi connectivity index (χ3n) is 6.90. The molecule has 1 saturated heterocycles. The monoisotopic (exact) mass is 486 g/mol. The van der Waals surface area contributed by atoms with E-state index < -0.39 is 25.3 Å². The van der Waals surface area contributed by atoms with Crippen LogP contribution in [0.3, 0.4) is 0 Å². The molecule has 7 heteroatoms. The zero-order chi connectivity index (χ0) is 20.3. The maximum atomic E-state index is 4.89. The van der Waals surface area contributed by atoms with Gasteiger partial charge in [-0.3, -0.25) is 6.67 Å². The van der Waals surface area contributed by atoms with Gasteiger partial charge in [0.25, 0.3) is 0 Å². The molecule has 1 saturated carbocycles. The van der Waals surface area contributed by atoms with Crippen LogP contribution in [0.2, 0.25) is 18.6 Å². The number of nitrogens with zero attached hydrogens (tertiary/aromatic N) is 3. The Morgan fingerprint density at radius 2 is 1.62 bits per heavy atom. The standard InChI is InChI=1S/C21H31N3Si.CH3.2ClH.Ti/c1-15(2)19-11-18-9-16-7-5-6-8-17(16)10-20(18)21(19)25(3,4)24-13-22-12-23-14-24;;;;/h5-10,15,18-21H,11-14H2,1-4H3;1H3;2*1H;/q-2;-1;;;+6/p-2. The molecular formula is C22H34Cl2N3SiTi+. The molecule has 0 bridgehead atoms. The topological polar surface area (TPSA) is 31.4 Å². The predicted octanol–water partition coefficient (Wildman–Crippen LogP) is 5.51. The van der Waals surface area contributed by atoms with Crippen molar-refractivity contribution in [3.05, 3.63) is 52.8 Å². The van der Waals surface area contributed by atoms with Gasteiger partial charge in [0.15, 0.2) is 0 Å². The number of hydrogen-bond donors (Lipinski definition) is 0. The molecule has 29 heavy (non-hydrogen) atoms. The van der Waals surface area contributed by atoms with Crippen LogP contribution in [0.1, 0.15) is 20.3 Å². The molecule has 0 amide bonds. The van der Waals surface area contributed by atoms with Crippen molar-refractivity contribution in [2.45, 2.75) is 38.9 Å². The van der Waals surface area contributed by atoms with Gasteiger partial charge in [-0.25, -0.2) is 0 Å². The van der Waals surface area contributed by atoms with E-state index in [4.69, 9.17) is 18.6 Å². The van der Waals surface area contributed by atoms with Crippen LogP contribution in [-0.2, 0) is 17.0 Å². The van der Waals surface area contributed by atoms with E-state index in [1.807, 2.05) is 0 Å². The van der Waals surface area contributed by atoms with Crippen LogP contribution in [-0.4, -0.2) is 32.8 Å². The van der Waals surface area contributed by atoms with E-state index in [1.165, 1.54) is 16.9 Å². The summed E-state index contributed by atoms with van der Waals surface area (Å²) in [5, 5.41) is 12.0. The van der Waals surface area contributed by atoms with E-state index in [-0.39, 0.29) is 7.43 Å². The quantitative estimate of drug-likeness (QED) is 0.409. The Bertz CT molecular complexity index is 768. The minimum atomic E-state index is -1.63. The molecule has 0 radical (unpaired) electrons. The Kier molecular flexibility index (Phi) is 9.97. The number of hydrogen-bond acceptors (Lipinski definition) is 1. The molecule has 4 unspecified atom stereocenters. The van der Waals surface area contributed by atoms with Crippen molar-refractivity contribution in [2.75, 3.05) is 20.0 Å². The van der Waals surface area contributed by atoms with Crippen molar-refractivity contribution in [3.8, 4) is 0 Å². The first kappa shape index (κ1) is 25.6. The van der Waals surface area contributed by atoms with E-state index in [1.54, 1.807) is 0 Å². The van der Waals surface area contributed by atoms with E-state index in [0.717, 1.165) is 30.7 Å². The van der Waals surface area contributed by atoms with E-state index in [0.29, 0.717) is 18.5 Å². The first-order valence-electron chi connectivity index (χ1n) is 10.2. The summed E-state index contributed by atoms with van der Waals surface area (Å²) >= 11 is -0.556. The Morgan fingerprint density at radius 3 is 2.17 bits per heavy atom. The summed E-state index contributed by atoms with van der Waals surface area (Å²) in [5.74, 6) is 2.94. The molecule has 4 rings (SSSR count). The van der Waals surface area contributed by atoms with Crippen LogP contribution in [0.5, 0.6) is 0 Å². The van der Waals surface area contributed by atoms with Crippen molar-refractivity contribution < 1.29 is 17.0 Å². The molecule has 0 N–H and O–H groups in total. The number of rotatable bonds is 3. The third kappa shape index (κ3) is 5.59. The van der Waals surface area contributed by atoms with Crippen LogP contribution in [0.15, 0.2) is 24.3 Å². The summed E-state index contributed by atoms with van der Waals surface area (Å²) in [6.07, 6.45) is 6.53. The van der Waals surface area contributed by atoms with E-state index in [9.17, 15) is 0 Å². The minimum absolute atomic E-state index is 0. The van der Waals surface area contributed by atoms with Crippen LogP contribution in [0.25, 0.3) is 22.8 Å². The van der Waals surface area contributed by atoms with Gasteiger partial charge in [-0.1, -0.05) is 63.4 Å². The van der Waals surface area contributed by atoms with Gasteiger partial charge in [-0.2, -0.15) is 0 Å². The summed E-state index contributed by atoms with van der Waals surface area (Å²) in [6, 6.07) is 8.93. The maximum absolute atomic E-state index is 4.89. The molecule has 2 fully saturated rings. The van der Waals surface area contributed by atoms with Crippen molar-refractivity contribution in [2.24, 2.45) is 23.7 Å². The van der Waals surface area contributed by atoms with Crippen molar-refractivity contribution in [1.82, 2.24) is 4.57 Å². The van der Waals surface area contributed by atoms with Crippen molar-refractivity contribution >= 4 is 39.0 Å². The van der Waals surface area contributed by atoms with Gasteiger partial charge in [-0.05, 0) is 46.1 Å². The Hall–Kier alpha value is 0.351. The molecule has 3 aliphatic rings. The van der Waals surface area contributed by atoms with E-state index >= 15 is 0 Å². The molecule has 158 valence electrons. The second-order valence-corrected chi connectivity index (χ2v) is 16.2. The molecule has 0 aromatic heterocycles. The van der Waals surface area contributed by atoms with Crippen LogP contribution in [0.4, 0.5) is 0 Å². The first-order chi connectivity index (χ1) is 13.4. The summed E-state index contributed by atoms with van der Waals surface area (Å²) in [7, 11) is 8.15. The van der Waals surface area contributed by atoms with Crippen LogP contribution in [0, 0.1) is 31.1 Å². The van der Waals surface area contributed by atoms with Gasteiger partial charge in [0.2, 0.25) is 0 Å². The van der Waals surface area contributed by atoms with Gasteiger partial charge in [0.05, 0.1) is 0 Å². The molecule has 1 aromatic carbocycles. The summed E-state index contributed by atoms with van der Waals surface area (Å²) < 4.78 is 2.63. The first-order valence-corrected chi connectivity index (χ1v) is 17.5. The van der Waals surface area contributed by atoms with Crippen molar-refractivity contribution in [1.29, 1.82) is 0 Å². The Morgan fingerprint density at radius 1 is 1.07 bits per heavy atom. The fraction of sp³-hybridized carbons (Fsp3) is 0.591. The average Bonchev–Trinajstić information content (AvgIpc) is 3.07. The molecule has 3 nitrogen and oxygen atoms in total. The molecule has 1 aromatic rings. The zero-order valence-corrected chi connectivity index (χ0v) is 22.4. The molecule has 4 atom stereocenters. The van der Waals surface area contributed by atoms with E-state index in [2.05, 4.69) is 78.6 Å². The fourth-order valence-electron chi connectivity index (χ4n) is 5.53. The SMILES string of the molecule is CC(C)C1CC2C=c3ccccc3=CC2C1[Si](C)(C)N1C[N-]C[N-]C1.[CH3-].[Cl][Ti+4][Cl]. The van der Waals surface area contributed by atoms with Crippen LogP contribution < -0.4 is 10.4 Å². The molecule has 1 heterocycles. The third-order valence-corrected chi connectivity index (χ3v) is 11.3. The molecule has 1 aliphatic heterocycles. The average molecular weight is 487 g/mol. The Balaban J connectivity index is 0.000000708. The Labute approximate surface area is 195 Å². The van der Waals surface area contributed by atoms with Gasteiger partial charge >= 0.3 is 35.6 Å². The second-order valence-electron chi connectivity index (χ2n) is 9.01. The van der Waals surface area contributed by atoms with Gasteiger partial charge in [0, 0.05) is 0 Å². The molecule has 0 spiro atoms. The van der Waals surface area contributed by atoms with Gasteiger partial charge < -0.3 is 22.6 Å². The van der Waals surface area contributed by atoms with Gasteiger partial charge in [0.1, 0.15) is 8.24 Å². The predicted molar refractivity (Wildman–Crippen MR) is 127 cm³/mol.